The number of rotatable bonds is 5. The maximum atomic E-state index is 13.0. The summed E-state index contributed by atoms with van der Waals surface area (Å²) in [6.07, 6.45) is 9.30. The van der Waals surface area contributed by atoms with E-state index in [2.05, 4.69) is 10.00 Å². The van der Waals surface area contributed by atoms with Crippen molar-refractivity contribution in [1.29, 1.82) is 0 Å². The van der Waals surface area contributed by atoms with Gasteiger partial charge in [0, 0.05) is 25.1 Å². The molecule has 0 saturated heterocycles. The number of hydrogen-bond donors (Lipinski definition) is 2. The molecule has 1 aliphatic carbocycles. The van der Waals surface area contributed by atoms with Crippen molar-refractivity contribution in [3.05, 3.63) is 52.6 Å². The number of carbonyl (C=O) groups excluding carboxylic acids is 2. The Labute approximate surface area is 193 Å². The molecule has 180 valence electrons. The number of primary amides is 1. The topological polar surface area (TPSA) is 119 Å². The van der Waals surface area contributed by atoms with Crippen LogP contribution in [0.2, 0.25) is 0 Å². The fourth-order valence-corrected chi connectivity index (χ4v) is 4.26. The predicted molar refractivity (Wildman–Crippen MR) is 122 cm³/mol. The summed E-state index contributed by atoms with van der Waals surface area (Å²) in [6, 6.07) is 6.29. The normalized spacial score (nSPS) is 15.8. The number of fused-ring (bicyclic) bond motifs is 1. The maximum Gasteiger partial charge on any atom is 0.290 e. The molecule has 1 fully saturated rings. The highest BCUT2D eigenvalue weighted by atomic mass is 19.1. The molecule has 0 unspecified atom stereocenters. The van der Waals surface area contributed by atoms with E-state index in [1.807, 2.05) is 7.05 Å². The summed E-state index contributed by atoms with van der Waals surface area (Å²) in [5.74, 6) is -0.0243. The lowest BCUT2D eigenvalue weighted by atomic mass is 9.87. The number of amides is 1. The van der Waals surface area contributed by atoms with Gasteiger partial charge in [-0.1, -0.05) is 44.2 Å². The second-order valence-corrected chi connectivity index (χ2v) is 8.42. The zero-order valence-corrected chi connectivity index (χ0v) is 19.1. The number of benzene rings is 1. The molecule has 0 bridgehead atoms. The van der Waals surface area contributed by atoms with E-state index in [0.717, 1.165) is 55.0 Å². The first-order valence-corrected chi connectivity index (χ1v) is 11.2. The molecule has 1 aliphatic heterocycles. The van der Waals surface area contributed by atoms with Gasteiger partial charge in [-0.25, -0.2) is 4.39 Å². The smallest absolute Gasteiger partial charge is 0.290 e. The lowest BCUT2D eigenvalue weighted by Gasteiger charge is -2.23. The average Bonchev–Trinajstić information content (AvgIpc) is 3.15. The van der Waals surface area contributed by atoms with E-state index in [9.17, 15) is 14.0 Å². The van der Waals surface area contributed by atoms with E-state index in [0.29, 0.717) is 12.2 Å². The zero-order chi connectivity index (χ0) is 24.2. The van der Waals surface area contributed by atoms with Crippen molar-refractivity contribution >= 4 is 18.7 Å². The summed E-state index contributed by atoms with van der Waals surface area (Å²) < 4.78 is 14.8. The molecule has 8 nitrogen and oxygen atoms in total. The number of carbonyl (C=O) groups is 3. The van der Waals surface area contributed by atoms with Gasteiger partial charge in [0.2, 0.25) is 0 Å². The fraction of sp³-hybridized carbons (Fsp3) is 0.500. The van der Waals surface area contributed by atoms with Gasteiger partial charge in [0.25, 0.3) is 12.4 Å². The van der Waals surface area contributed by atoms with Crippen LogP contribution >= 0.6 is 0 Å². The predicted octanol–water partition coefficient (Wildman–Crippen LogP) is 3.01. The first-order valence-electron chi connectivity index (χ1n) is 11.2. The molecule has 0 radical (unpaired) electrons. The van der Waals surface area contributed by atoms with Gasteiger partial charge in [-0.15, -0.1) is 0 Å². The Hall–Kier alpha value is -3.07. The molecule has 2 heterocycles. The maximum absolute atomic E-state index is 13.0. The third-order valence-electron chi connectivity index (χ3n) is 5.96. The lowest BCUT2D eigenvalue weighted by molar-refractivity contribution is -0.122. The fourth-order valence-electron chi connectivity index (χ4n) is 4.26. The average molecular weight is 461 g/mol. The molecular weight excluding hydrogens is 427 g/mol. The minimum atomic E-state index is -0.492. The van der Waals surface area contributed by atoms with Crippen LogP contribution < -0.4 is 5.73 Å². The van der Waals surface area contributed by atoms with E-state index in [4.69, 9.17) is 15.6 Å². The molecule has 1 aromatic carbocycles. The number of likely N-dealkylation sites (N-methyl/N-ethyl adjacent to an activating group) is 1. The van der Waals surface area contributed by atoms with Crippen LogP contribution in [0.4, 0.5) is 4.39 Å². The summed E-state index contributed by atoms with van der Waals surface area (Å²) in [5, 5.41) is 11.3. The second-order valence-electron chi connectivity index (χ2n) is 8.42. The molecule has 0 atom stereocenters. The van der Waals surface area contributed by atoms with Crippen LogP contribution in [0.1, 0.15) is 65.8 Å². The SMILES string of the molecule is CN1CCc2c(C(N)=O)nn(Cc3ccc(F)cc3)c2C1.O=CCC1CCCCC1.O=CO. The Morgan fingerprint density at radius 1 is 1.21 bits per heavy atom. The van der Waals surface area contributed by atoms with Crippen molar-refractivity contribution in [2.24, 2.45) is 11.7 Å². The Morgan fingerprint density at radius 3 is 2.42 bits per heavy atom. The third kappa shape index (κ3) is 8.09. The van der Waals surface area contributed by atoms with Gasteiger partial charge in [-0.2, -0.15) is 5.10 Å². The summed E-state index contributed by atoms with van der Waals surface area (Å²) in [6.45, 7) is 1.87. The number of carboxylic acid groups (broad SMARTS) is 1. The van der Waals surface area contributed by atoms with E-state index < -0.39 is 5.91 Å². The van der Waals surface area contributed by atoms with Gasteiger partial charge in [0.05, 0.1) is 12.2 Å². The summed E-state index contributed by atoms with van der Waals surface area (Å²) in [5.41, 5.74) is 8.68. The molecular formula is C24H33FN4O4. The number of aromatic nitrogens is 2. The number of aldehydes is 1. The van der Waals surface area contributed by atoms with Crippen LogP contribution in [-0.4, -0.2) is 52.0 Å². The van der Waals surface area contributed by atoms with Crippen LogP contribution in [0.15, 0.2) is 24.3 Å². The van der Waals surface area contributed by atoms with Crippen molar-refractivity contribution < 1.29 is 23.9 Å². The number of nitrogens with two attached hydrogens (primary N) is 1. The number of halogens is 1. The summed E-state index contributed by atoms with van der Waals surface area (Å²) in [7, 11) is 2.03. The standard InChI is InChI=1S/C15H17FN4O.C8H14O.CH2O2/c1-19-7-6-12-13(9-19)20(18-14(12)15(17)21)8-10-2-4-11(16)5-3-10;9-7-6-8-4-2-1-3-5-8;2-1-3/h2-5H,6-9H2,1H3,(H2,17,21);7-8H,1-6H2;1H,(H,2,3). The Kier molecular flexibility index (Phi) is 10.7. The molecule has 1 amide bonds. The summed E-state index contributed by atoms with van der Waals surface area (Å²) >= 11 is 0. The summed E-state index contributed by atoms with van der Waals surface area (Å²) in [4.78, 5) is 32.2. The number of nitrogens with zero attached hydrogens (tertiary/aromatic N) is 3. The van der Waals surface area contributed by atoms with Crippen LogP contribution in [-0.2, 0) is 29.1 Å². The zero-order valence-electron chi connectivity index (χ0n) is 19.1. The number of hydrogen-bond acceptors (Lipinski definition) is 5. The Bertz CT molecular complexity index is 908. The van der Waals surface area contributed by atoms with Gasteiger partial charge in [-0.3, -0.25) is 14.3 Å². The van der Waals surface area contributed by atoms with E-state index in [-0.39, 0.29) is 12.3 Å². The van der Waals surface area contributed by atoms with Crippen molar-refractivity contribution in [3.8, 4) is 0 Å². The minimum Gasteiger partial charge on any atom is -0.483 e. The molecule has 0 spiro atoms. The highest BCUT2D eigenvalue weighted by Crippen LogP contribution is 2.25. The molecule has 3 N–H and O–H groups in total. The van der Waals surface area contributed by atoms with E-state index >= 15 is 0 Å². The van der Waals surface area contributed by atoms with Crippen LogP contribution in [0, 0.1) is 11.7 Å². The van der Waals surface area contributed by atoms with Crippen LogP contribution in [0.5, 0.6) is 0 Å². The largest absolute Gasteiger partial charge is 0.483 e. The second kappa shape index (κ2) is 13.5. The van der Waals surface area contributed by atoms with Crippen LogP contribution in [0.25, 0.3) is 0 Å². The van der Waals surface area contributed by atoms with Crippen LogP contribution in [0.3, 0.4) is 0 Å². The molecule has 2 aromatic rings. The van der Waals surface area contributed by atoms with Gasteiger partial charge in [-0.05, 0) is 37.1 Å². The first kappa shape index (κ1) is 26.2. The van der Waals surface area contributed by atoms with Crippen molar-refractivity contribution in [2.45, 2.75) is 58.0 Å². The Balaban J connectivity index is 0.000000267. The molecule has 4 rings (SSSR count). The lowest BCUT2D eigenvalue weighted by Crippen LogP contribution is -2.28. The van der Waals surface area contributed by atoms with Gasteiger partial charge in [0.15, 0.2) is 5.69 Å². The van der Waals surface area contributed by atoms with E-state index in [1.165, 1.54) is 44.2 Å². The van der Waals surface area contributed by atoms with Crippen molar-refractivity contribution in [3.63, 3.8) is 0 Å². The first-order chi connectivity index (χ1) is 15.9. The highest BCUT2D eigenvalue weighted by molar-refractivity contribution is 5.92. The van der Waals surface area contributed by atoms with Crippen molar-refractivity contribution in [1.82, 2.24) is 14.7 Å². The molecule has 33 heavy (non-hydrogen) atoms. The molecule has 1 aromatic heterocycles. The minimum absolute atomic E-state index is 0.250. The van der Waals surface area contributed by atoms with Gasteiger partial charge >= 0.3 is 0 Å². The van der Waals surface area contributed by atoms with Gasteiger partial charge in [0.1, 0.15) is 12.1 Å². The molecule has 2 aliphatic rings. The van der Waals surface area contributed by atoms with Crippen molar-refractivity contribution in [2.75, 3.05) is 13.6 Å². The highest BCUT2D eigenvalue weighted by Gasteiger charge is 2.25. The monoisotopic (exact) mass is 460 g/mol. The quantitative estimate of drug-likeness (QED) is 0.662. The Morgan fingerprint density at radius 2 is 1.85 bits per heavy atom. The third-order valence-corrected chi connectivity index (χ3v) is 5.96. The molecule has 1 saturated carbocycles. The van der Waals surface area contributed by atoms with Gasteiger partial charge < -0.3 is 20.5 Å². The molecule has 9 heteroatoms. The van der Waals surface area contributed by atoms with E-state index in [1.54, 1.807) is 16.8 Å².